The van der Waals surface area contributed by atoms with E-state index in [-0.39, 0.29) is 11.7 Å². The molecule has 6 nitrogen and oxygen atoms in total. The molecule has 150 valence electrons. The Labute approximate surface area is 173 Å². The summed E-state index contributed by atoms with van der Waals surface area (Å²) in [6.07, 6.45) is 1.73. The predicted molar refractivity (Wildman–Crippen MR) is 114 cm³/mol. The highest BCUT2D eigenvalue weighted by Crippen LogP contribution is 2.22. The smallest absolute Gasteiger partial charge is 0.270 e. The Bertz CT molecular complexity index is 1200. The summed E-state index contributed by atoms with van der Waals surface area (Å²) in [5.41, 5.74) is 2.63. The number of amides is 1. The number of carbonyl (C=O) groups excluding carboxylic acids is 1. The monoisotopic (exact) mass is 401 g/mol. The third-order valence-electron chi connectivity index (χ3n) is 5.39. The fourth-order valence-electron chi connectivity index (χ4n) is 3.79. The number of carbonyl (C=O) groups is 1. The van der Waals surface area contributed by atoms with Crippen LogP contribution < -0.4 is 4.90 Å². The first-order valence-electron chi connectivity index (χ1n) is 9.89. The lowest BCUT2D eigenvalue weighted by molar-refractivity contribution is 0.0741. The first-order valence-corrected chi connectivity index (χ1v) is 9.89. The third-order valence-corrected chi connectivity index (χ3v) is 5.39. The molecule has 0 atom stereocenters. The maximum atomic E-state index is 14.0. The van der Waals surface area contributed by atoms with Gasteiger partial charge in [-0.25, -0.2) is 14.4 Å². The van der Waals surface area contributed by atoms with Crippen LogP contribution in [-0.2, 0) is 0 Å². The van der Waals surface area contributed by atoms with E-state index in [0.717, 1.165) is 10.9 Å². The second-order valence-corrected chi connectivity index (χ2v) is 7.28. The van der Waals surface area contributed by atoms with Gasteiger partial charge < -0.3 is 14.8 Å². The lowest BCUT2D eigenvalue weighted by atomic mass is 10.2. The maximum absolute atomic E-state index is 14.0. The summed E-state index contributed by atoms with van der Waals surface area (Å²) >= 11 is 0. The zero-order valence-electron chi connectivity index (χ0n) is 16.3. The molecule has 1 aliphatic rings. The van der Waals surface area contributed by atoms with E-state index in [1.54, 1.807) is 29.3 Å². The van der Waals surface area contributed by atoms with Gasteiger partial charge in [0, 0.05) is 43.3 Å². The number of aromatic amines is 1. The molecule has 0 aliphatic carbocycles. The van der Waals surface area contributed by atoms with Gasteiger partial charge in [0.1, 0.15) is 17.2 Å². The first-order chi connectivity index (χ1) is 14.7. The number of para-hydroxylation sites is 1. The largest absolute Gasteiger partial charge is 0.366 e. The third kappa shape index (κ3) is 3.39. The Morgan fingerprint density at radius 3 is 2.47 bits per heavy atom. The van der Waals surface area contributed by atoms with Crippen molar-refractivity contribution in [3.05, 3.63) is 78.4 Å². The van der Waals surface area contributed by atoms with E-state index >= 15 is 0 Å². The number of rotatable bonds is 3. The molecule has 1 aliphatic heterocycles. The molecule has 0 radical (unpaired) electrons. The molecule has 0 spiro atoms. The van der Waals surface area contributed by atoms with Crippen molar-refractivity contribution in [3.8, 4) is 11.4 Å². The Balaban J connectivity index is 1.32. The standard InChI is InChI=1S/C23H20FN5O/c24-18-8-4-5-9-20(18)28-10-12-29(13-11-28)23(30)19-14-17-15-25-21(27-22(17)26-19)16-6-2-1-3-7-16/h1-9,14-15H,10-13H2,(H,25,26,27). The molecule has 3 heterocycles. The SMILES string of the molecule is O=C(c1cc2cnc(-c3ccccc3)nc2[nH]1)N1CCN(c2ccccc2F)CC1. The topological polar surface area (TPSA) is 65.1 Å². The summed E-state index contributed by atoms with van der Waals surface area (Å²) in [5, 5.41) is 0.794. The number of hydrogen-bond acceptors (Lipinski definition) is 4. The number of fused-ring (bicyclic) bond motifs is 1. The van der Waals surface area contributed by atoms with Crippen LogP contribution in [0.15, 0.2) is 66.9 Å². The van der Waals surface area contributed by atoms with Crippen molar-refractivity contribution in [2.75, 3.05) is 31.1 Å². The highest BCUT2D eigenvalue weighted by Gasteiger charge is 2.24. The number of nitrogens with one attached hydrogen (secondary N) is 1. The van der Waals surface area contributed by atoms with Gasteiger partial charge in [0.2, 0.25) is 0 Å². The van der Waals surface area contributed by atoms with Gasteiger partial charge in [-0.1, -0.05) is 42.5 Å². The van der Waals surface area contributed by atoms with Crippen molar-refractivity contribution in [1.82, 2.24) is 19.9 Å². The lowest BCUT2D eigenvalue weighted by Gasteiger charge is -2.36. The van der Waals surface area contributed by atoms with E-state index in [4.69, 9.17) is 0 Å². The van der Waals surface area contributed by atoms with Crippen molar-refractivity contribution in [2.24, 2.45) is 0 Å². The fraction of sp³-hybridized carbons (Fsp3) is 0.174. The quantitative estimate of drug-likeness (QED) is 0.568. The summed E-state index contributed by atoms with van der Waals surface area (Å²) in [5.74, 6) is 0.297. The van der Waals surface area contributed by atoms with Gasteiger partial charge in [-0.3, -0.25) is 4.79 Å². The van der Waals surface area contributed by atoms with E-state index in [1.807, 2.05) is 41.3 Å². The molecular formula is C23H20FN5O. The zero-order chi connectivity index (χ0) is 20.5. The minimum absolute atomic E-state index is 0.0811. The van der Waals surface area contributed by atoms with Gasteiger partial charge in [0.25, 0.3) is 5.91 Å². The van der Waals surface area contributed by atoms with Crippen LogP contribution in [0.2, 0.25) is 0 Å². The molecule has 5 rings (SSSR count). The number of piperazine rings is 1. The molecule has 2 aromatic carbocycles. The summed E-state index contributed by atoms with van der Waals surface area (Å²) in [7, 11) is 0. The van der Waals surface area contributed by atoms with Crippen LogP contribution in [0.25, 0.3) is 22.4 Å². The number of anilines is 1. The molecule has 1 amide bonds. The average Bonchev–Trinajstić information content (AvgIpc) is 3.23. The Hall–Kier alpha value is -3.74. The minimum atomic E-state index is -0.235. The highest BCUT2D eigenvalue weighted by atomic mass is 19.1. The van der Waals surface area contributed by atoms with Gasteiger partial charge in [-0.15, -0.1) is 0 Å². The molecule has 4 aromatic rings. The fourth-order valence-corrected chi connectivity index (χ4v) is 3.79. The zero-order valence-corrected chi connectivity index (χ0v) is 16.3. The number of H-pyrrole nitrogens is 1. The minimum Gasteiger partial charge on any atom is -0.366 e. The molecule has 1 saturated heterocycles. The number of aromatic nitrogens is 3. The second kappa shape index (κ2) is 7.59. The summed E-state index contributed by atoms with van der Waals surface area (Å²) < 4.78 is 14.0. The van der Waals surface area contributed by atoms with E-state index < -0.39 is 0 Å². The van der Waals surface area contributed by atoms with Crippen molar-refractivity contribution in [3.63, 3.8) is 0 Å². The van der Waals surface area contributed by atoms with Gasteiger partial charge in [0.15, 0.2) is 5.82 Å². The molecule has 0 bridgehead atoms. The van der Waals surface area contributed by atoms with Crippen LogP contribution in [0, 0.1) is 5.82 Å². The van der Waals surface area contributed by atoms with E-state index in [0.29, 0.717) is 49.0 Å². The molecular weight excluding hydrogens is 381 g/mol. The van der Waals surface area contributed by atoms with Gasteiger partial charge in [-0.2, -0.15) is 0 Å². The Morgan fingerprint density at radius 1 is 0.967 bits per heavy atom. The number of nitrogens with zero attached hydrogens (tertiary/aromatic N) is 4. The van der Waals surface area contributed by atoms with Crippen LogP contribution in [0.5, 0.6) is 0 Å². The summed E-state index contributed by atoms with van der Waals surface area (Å²) in [4.78, 5) is 28.9. The second-order valence-electron chi connectivity index (χ2n) is 7.28. The van der Waals surface area contributed by atoms with Gasteiger partial charge in [0.05, 0.1) is 5.69 Å². The number of benzene rings is 2. The van der Waals surface area contributed by atoms with Crippen LogP contribution in [0.3, 0.4) is 0 Å². The van der Waals surface area contributed by atoms with E-state index in [9.17, 15) is 9.18 Å². The summed E-state index contributed by atoms with van der Waals surface area (Å²) in [6.45, 7) is 2.24. The molecule has 0 saturated carbocycles. The number of halogens is 1. The van der Waals surface area contributed by atoms with E-state index in [1.165, 1.54) is 6.07 Å². The van der Waals surface area contributed by atoms with Crippen LogP contribution in [0.4, 0.5) is 10.1 Å². The van der Waals surface area contributed by atoms with Gasteiger partial charge >= 0.3 is 0 Å². The van der Waals surface area contributed by atoms with Crippen molar-refractivity contribution in [2.45, 2.75) is 0 Å². The van der Waals surface area contributed by atoms with Crippen LogP contribution in [-0.4, -0.2) is 51.9 Å². The predicted octanol–water partition coefficient (Wildman–Crippen LogP) is 3.73. The van der Waals surface area contributed by atoms with Gasteiger partial charge in [-0.05, 0) is 18.2 Å². The van der Waals surface area contributed by atoms with Crippen LogP contribution in [0.1, 0.15) is 10.5 Å². The lowest BCUT2D eigenvalue weighted by Crippen LogP contribution is -2.49. The Kier molecular flexibility index (Phi) is 4.63. The van der Waals surface area contributed by atoms with Crippen molar-refractivity contribution >= 4 is 22.6 Å². The molecule has 1 N–H and O–H groups in total. The van der Waals surface area contributed by atoms with Crippen molar-refractivity contribution in [1.29, 1.82) is 0 Å². The Morgan fingerprint density at radius 2 is 1.70 bits per heavy atom. The highest BCUT2D eigenvalue weighted by molar-refractivity contribution is 5.97. The normalized spacial score (nSPS) is 14.3. The van der Waals surface area contributed by atoms with Crippen LogP contribution >= 0.6 is 0 Å². The maximum Gasteiger partial charge on any atom is 0.270 e. The molecule has 30 heavy (non-hydrogen) atoms. The average molecular weight is 401 g/mol. The first kappa shape index (κ1) is 18.3. The number of hydrogen-bond donors (Lipinski definition) is 1. The molecule has 2 aromatic heterocycles. The van der Waals surface area contributed by atoms with E-state index in [2.05, 4.69) is 15.0 Å². The summed E-state index contributed by atoms with van der Waals surface area (Å²) in [6, 6.07) is 18.2. The van der Waals surface area contributed by atoms with Crippen molar-refractivity contribution < 1.29 is 9.18 Å². The molecule has 1 fully saturated rings. The molecule has 7 heteroatoms. The molecule has 0 unspecified atom stereocenters.